The van der Waals surface area contributed by atoms with Gasteiger partial charge in [0.15, 0.2) is 11.8 Å². The number of benzene rings is 1. The Morgan fingerprint density at radius 1 is 1.29 bits per heavy atom. The predicted molar refractivity (Wildman–Crippen MR) is 90.7 cm³/mol. The molecule has 0 bridgehead atoms. The lowest BCUT2D eigenvalue weighted by atomic mass is 10.2. The number of rotatable bonds is 6. The summed E-state index contributed by atoms with van der Waals surface area (Å²) in [6.45, 7) is 1.88. The fourth-order valence-corrected chi connectivity index (χ4v) is 1.85. The molecule has 124 valence electrons. The van der Waals surface area contributed by atoms with Crippen LogP contribution >= 0.6 is 0 Å². The van der Waals surface area contributed by atoms with Crippen LogP contribution in [0.15, 0.2) is 35.3 Å². The molecule has 1 aromatic carbocycles. The van der Waals surface area contributed by atoms with Crippen molar-refractivity contribution < 1.29 is 9.66 Å². The first-order valence-electron chi connectivity index (χ1n) is 7.03. The van der Waals surface area contributed by atoms with E-state index in [1.807, 2.05) is 30.3 Å². The van der Waals surface area contributed by atoms with Gasteiger partial charge in [-0.2, -0.15) is 9.98 Å². The lowest BCUT2D eigenvalue weighted by Gasteiger charge is -2.06. The minimum atomic E-state index is -0.683. The van der Waals surface area contributed by atoms with Crippen molar-refractivity contribution in [2.45, 2.75) is 6.92 Å². The van der Waals surface area contributed by atoms with Gasteiger partial charge in [0.1, 0.15) is 0 Å². The zero-order chi connectivity index (χ0) is 17.5. The fraction of sp³-hybridized carbons (Fsp3) is 0.133. The quantitative estimate of drug-likeness (QED) is 0.356. The van der Waals surface area contributed by atoms with Crippen molar-refractivity contribution in [1.29, 1.82) is 0 Å². The smallest absolute Gasteiger partial charge is 0.375 e. The molecule has 0 unspecified atom stereocenters. The Balaban J connectivity index is 2.53. The molecule has 9 heteroatoms. The molecule has 0 saturated heterocycles. The summed E-state index contributed by atoms with van der Waals surface area (Å²) in [5, 5.41) is 11.3. The number of nitro groups is 1. The first kappa shape index (κ1) is 16.9. The third kappa shape index (κ3) is 4.26. The van der Waals surface area contributed by atoms with E-state index in [2.05, 4.69) is 15.0 Å². The summed E-state index contributed by atoms with van der Waals surface area (Å²) in [5.41, 5.74) is 11.1. The van der Waals surface area contributed by atoms with Crippen LogP contribution < -0.4 is 16.2 Å². The molecule has 24 heavy (non-hydrogen) atoms. The van der Waals surface area contributed by atoms with Crippen molar-refractivity contribution in [2.75, 3.05) is 6.61 Å². The number of guanidine groups is 1. The van der Waals surface area contributed by atoms with Gasteiger partial charge in [0.2, 0.25) is 5.82 Å². The molecular formula is C15H16N6O3. The van der Waals surface area contributed by atoms with Gasteiger partial charge in [-0.1, -0.05) is 36.4 Å². The van der Waals surface area contributed by atoms with Gasteiger partial charge >= 0.3 is 5.69 Å². The van der Waals surface area contributed by atoms with Crippen molar-refractivity contribution in [1.82, 2.24) is 9.97 Å². The third-order valence-electron chi connectivity index (χ3n) is 2.77. The maximum atomic E-state index is 11.3. The summed E-state index contributed by atoms with van der Waals surface area (Å²) in [7, 11) is 0. The molecule has 0 aliphatic rings. The molecule has 1 aromatic heterocycles. The zero-order valence-electron chi connectivity index (χ0n) is 12.9. The first-order chi connectivity index (χ1) is 11.5. The number of aromatic nitrogens is 2. The molecule has 4 N–H and O–H groups in total. The predicted octanol–water partition coefficient (Wildman–Crippen LogP) is 1.86. The lowest BCUT2D eigenvalue weighted by Crippen LogP contribution is -2.22. The van der Waals surface area contributed by atoms with Crippen molar-refractivity contribution in [3.8, 4) is 5.88 Å². The second-order valence-electron chi connectivity index (χ2n) is 4.53. The van der Waals surface area contributed by atoms with Crippen molar-refractivity contribution in [3.05, 3.63) is 51.8 Å². The molecule has 0 amide bonds. The molecular weight excluding hydrogens is 312 g/mol. The van der Waals surface area contributed by atoms with Crippen LogP contribution in [0.4, 0.5) is 11.5 Å². The molecule has 9 nitrogen and oxygen atoms in total. The van der Waals surface area contributed by atoms with Crippen molar-refractivity contribution in [3.63, 3.8) is 0 Å². The normalized spacial score (nSPS) is 10.5. The Labute approximate surface area is 137 Å². The van der Waals surface area contributed by atoms with Crippen LogP contribution in [0, 0.1) is 10.1 Å². The fourth-order valence-electron chi connectivity index (χ4n) is 1.85. The van der Waals surface area contributed by atoms with Gasteiger partial charge in [-0.25, -0.2) is 4.98 Å². The SMILES string of the molecule is CCOc1nc(/C=C/c2ccccc2)nc(N=C(N)N)c1[N+](=O)[O-]. The van der Waals surface area contributed by atoms with Gasteiger partial charge < -0.3 is 16.2 Å². The second-order valence-corrected chi connectivity index (χ2v) is 4.53. The van der Waals surface area contributed by atoms with E-state index in [0.29, 0.717) is 0 Å². The monoisotopic (exact) mass is 328 g/mol. The van der Waals surface area contributed by atoms with Crippen LogP contribution in [0.25, 0.3) is 12.2 Å². The Morgan fingerprint density at radius 2 is 2.00 bits per heavy atom. The minimum Gasteiger partial charge on any atom is -0.473 e. The third-order valence-corrected chi connectivity index (χ3v) is 2.77. The summed E-state index contributed by atoms with van der Waals surface area (Å²) in [6.07, 6.45) is 3.35. The molecule has 0 atom stereocenters. The standard InChI is InChI=1S/C15H16N6O3/c1-2-24-14-12(21(22)23)13(20-15(16)17)18-11(19-14)9-8-10-6-4-3-5-7-10/h3-9H,2H2,1H3,(H4,16,17,18,19,20)/b9-8+. The summed E-state index contributed by atoms with van der Waals surface area (Å²) < 4.78 is 5.24. The molecule has 0 aliphatic carbocycles. The first-order valence-corrected chi connectivity index (χ1v) is 7.03. The molecule has 2 rings (SSSR count). The van der Waals surface area contributed by atoms with Gasteiger partial charge in [0, 0.05) is 0 Å². The summed E-state index contributed by atoms with van der Waals surface area (Å²) in [5.74, 6) is -0.610. The molecule has 1 heterocycles. The Kier molecular flexibility index (Phi) is 5.40. The van der Waals surface area contributed by atoms with E-state index in [-0.39, 0.29) is 30.1 Å². The van der Waals surface area contributed by atoms with E-state index in [9.17, 15) is 10.1 Å². The van der Waals surface area contributed by atoms with E-state index in [1.165, 1.54) is 0 Å². The Morgan fingerprint density at radius 3 is 2.58 bits per heavy atom. The van der Waals surface area contributed by atoms with Crippen LogP contribution in [0.5, 0.6) is 5.88 Å². The van der Waals surface area contributed by atoms with E-state index in [4.69, 9.17) is 16.2 Å². The molecule has 0 fully saturated rings. The number of hydrogen-bond donors (Lipinski definition) is 2. The number of ether oxygens (including phenoxy) is 1. The van der Waals surface area contributed by atoms with E-state index >= 15 is 0 Å². The summed E-state index contributed by atoms with van der Waals surface area (Å²) >= 11 is 0. The minimum absolute atomic E-state index is 0.188. The Hall–Kier alpha value is -3.49. The molecule has 2 aromatic rings. The van der Waals surface area contributed by atoms with Crippen LogP contribution in [0.2, 0.25) is 0 Å². The Bertz CT molecular complexity index is 785. The highest BCUT2D eigenvalue weighted by molar-refractivity contribution is 5.81. The molecule has 0 aliphatic heterocycles. The van der Waals surface area contributed by atoms with Crippen molar-refractivity contribution in [2.24, 2.45) is 16.5 Å². The number of aliphatic imine (C=N–C) groups is 1. The summed E-state index contributed by atoms with van der Waals surface area (Å²) in [4.78, 5) is 22.4. The average molecular weight is 328 g/mol. The summed E-state index contributed by atoms with van der Waals surface area (Å²) in [6, 6.07) is 9.44. The average Bonchev–Trinajstić information content (AvgIpc) is 2.53. The topological polar surface area (TPSA) is 143 Å². The number of nitrogens with zero attached hydrogens (tertiary/aromatic N) is 4. The molecule has 0 saturated carbocycles. The number of nitrogens with two attached hydrogens (primary N) is 2. The highest BCUT2D eigenvalue weighted by Gasteiger charge is 2.26. The lowest BCUT2D eigenvalue weighted by molar-refractivity contribution is -0.385. The van der Waals surface area contributed by atoms with Gasteiger partial charge in [0.05, 0.1) is 11.5 Å². The zero-order valence-corrected chi connectivity index (χ0v) is 12.9. The van der Waals surface area contributed by atoms with E-state index in [0.717, 1.165) is 5.56 Å². The van der Waals surface area contributed by atoms with Crippen LogP contribution in [-0.2, 0) is 0 Å². The van der Waals surface area contributed by atoms with Gasteiger partial charge in [-0.05, 0) is 18.6 Å². The van der Waals surface area contributed by atoms with E-state index < -0.39 is 10.6 Å². The van der Waals surface area contributed by atoms with Crippen LogP contribution in [0.3, 0.4) is 0 Å². The van der Waals surface area contributed by atoms with Crippen LogP contribution in [0.1, 0.15) is 18.3 Å². The second kappa shape index (κ2) is 7.68. The molecule has 0 spiro atoms. The van der Waals surface area contributed by atoms with Crippen molar-refractivity contribution >= 4 is 29.6 Å². The largest absolute Gasteiger partial charge is 0.473 e. The van der Waals surface area contributed by atoms with E-state index in [1.54, 1.807) is 19.1 Å². The van der Waals surface area contributed by atoms with Crippen LogP contribution in [-0.4, -0.2) is 27.5 Å². The van der Waals surface area contributed by atoms with Gasteiger partial charge in [-0.15, -0.1) is 0 Å². The maximum absolute atomic E-state index is 11.3. The molecule has 0 radical (unpaired) electrons. The number of hydrogen-bond acceptors (Lipinski definition) is 6. The van der Waals surface area contributed by atoms with Gasteiger partial charge in [0.25, 0.3) is 5.88 Å². The van der Waals surface area contributed by atoms with Gasteiger partial charge in [-0.3, -0.25) is 10.1 Å². The highest BCUT2D eigenvalue weighted by Crippen LogP contribution is 2.34. The highest BCUT2D eigenvalue weighted by atomic mass is 16.6. The maximum Gasteiger partial charge on any atom is 0.375 e.